The lowest BCUT2D eigenvalue weighted by Gasteiger charge is -2.09. The monoisotopic (exact) mass is 424 g/mol. The summed E-state index contributed by atoms with van der Waals surface area (Å²) < 4.78 is 18.5. The van der Waals surface area contributed by atoms with Crippen LogP contribution in [0.15, 0.2) is 50.9 Å². The number of hydrogen-bond acceptors (Lipinski definition) is 9. The topological polar surface area (TPSA) is 114 Å². The molecule has 0 saturated carbocycles. The van der Waals surface area contributed by atoms with E-state index < -0.39 is 0 Å². The van der Waals surface area contributed by atoms with Gasteiger partial charge in [0.05, 0.1) is 36.1 Å². The van der Waals surface area contributed by atoms with Crippen LogP contribution in [0.5, 0.6) is 0 Å². The number of hydrogen-bond donors (Lipinski definition) is 1. The zero-order valence-electron chi connectivity index (χ0n) is 16.3. The van der Waals surface area contributed by atoms with Crippen molar-refractivity contribution in [2.75, 3.05) is 18.9 Å². The third-order valence-corrected chi connectivity index (χ3v) is 5.61. The number of pyridine rings is 1. The molecule has 0 spiro atoms. The lowest BCUT2D eigenvalue weighted by molar-refractivity contribution is 0.0299. The number of furan rings is 1. The first-order valence-corrected chi connectivity index (χ1v) is 10.4. The minimum Gasteiger partial charge on any atom is -0.458 e. The first-order valence-electron chi connectivity index (χ1n) is 9.57. The van der Waals surface area contributed by atoms with Gasteiger partial charge in [-0.1, -0.05) is 17.8 Å². The Kier molecular flexibility index (Phi) is 5.11. The highest BCUT2D eigenvalue weighted by Gasteiger charge is 2.18. The molecule has 1 saturated heterocycles. The zero-order valence-corrected chi connectivity index (χ0v) is 17.1. The van der Waals surface area contributed by atoms with Gasteiger partial charge in [0.25, 0.3) is 0 Å². The van der Waals surface area contributed by atoms with Crippen LogP contribution in [0.3, 0.4) is 0 Å². The van der Waals surface area contributed by atoms with Gasteiger partial charge in [-0.2, -0.15) is 19.6 Å². The molecular weight excluding hydrogens is 404 g/mol. The minimum atomic E-state index is 0.145. The van der Waals surface area contributed by atoms with Crippen molar-refractivity contribution in [3.8, 4) is 11.6 Å². The number of anilines is 1. The maximum atomic E-state index is 5.96. The van der Waals surface area contributed by atoms with E-state index in [-0.39, 0.29) is 12.1 Å². The quantitative estimate of drug-likeness (QED) is 0.498. The van der Waals surface area contributed by atoms with Crippen molar-refractivity contribution in [2.24, 2.45) is 0 Å². The Morgan fingerprint density at radius 3 is 2.97 bits per heavy atom. The van der Waals surface area contributed by atoms with Gasteiger partial charge in [-0.15, -0.1) is 0 Å². The summed E-state index contributed by atoms with van der Waals surface area (Å²) in [5, 5.41) is 5.26. The first-order chi connectivity index (χ1) is 14.7. The fourth-order valence-electron chi connectivity index (χ4n) is 3.22. The summed E-state index contributed by atoms with van der Waals surface area (Å²) >= 11 is 1.46. The van der Waals surface area contributed by atoms with Crippen LogP contribution >= 0.6 is 11.8 Å². The van der Waals surface area contributed by atoms with Gasteiger partial charge in [-0.25, -0.2) is 4.98 Å². The fraction of sp³-hybridized carbons (Fsp3) is 0.300. The third-order valence-electron chi connectivity index (χ3n) is 4.66. The summed E-state index contributed by atoms with van der Waals surface area (Å²) in [5.41, 5.74) is 7.42. The van der Waals surface area contributed by atoms with E-state index in [4.69, 9.17) is 19.6 Å². The molecule has 30 heavy (non-hydrogen) atoms. The SMILES string of the molecule is Cc1ccc(-c2nc(N)nc3c(Sc4cccc(CO[C@H]5CCOC5)n4)cnn23)o1. The van der Waals surface area contributed by atoms with Crippen LogP contribution in [-0.2, 0) is 16.1 Å². The molecule has 4 aromatic rings. The van der Waals surface area contributed by atoms with Crippen LogP contribution in [-0.4, -0.2) is 43.9 Å². The van der Waals surface area contributed by atoms with Crippen LogP contribution < -0.4 is 5.73 Å². The lowest BCUT2D eigenvalue weighted by atomic mass is 10.3. The number of ether oxygens (including phenoxy) is 2. The number of nitrogens with zero attached hydrogens (tertiary/aromatic N) is 5. The Labute approximate surface area is 176 Å². The van der Waals surface area contributed by atoms with Gasteiger partial charge in [0.1, 0.15) is 10.8 Å². The molecule has 10 heteroatoms. The van der Waals surface area contributed by atoms with Gasteiger partial charge in [0.2, 0.25) is 11.8 Å². The van der Waals surface area contributed by atoms with Gasteiger partial charge >= 0.3 is 0 Å². The molecule has 0 aromatic carbocycles. The van der Waals surface area contributed by atoms with Crippen LogP contribution in [0.25, 0.3) is 17.2 Å². The number of rotatable bonds is 6. The van der Waals surface area contributed by atoms with E-state index in [2.05, 4.69) is 20.1 Å². The highest BCUT2D eigenvalue weighted by atomic mass is 32.2. The number of aryl methyl sites for hydroxylation is 1. The van der Waals surface area contributed by atoms with Gasteiger partial charge in [0, 0.05) is 6.61 Å². The standard InChI is InChI=1S/C20H20N6O3S/c1-12-5-6-15(29-12)18-24-20(21)25-19-16(9-22-26(18)19)30-17-4-2-3-13(23-17)10-28-14-7-8-27-11-14/h2-6,9,14H,7-8,10-11H2,1H3,(H2,21,25)/t14-/m0/s1. The average Bonchev–Trinajstić information content (AvgIpc) is 3.48. The predicted octanol–water partition coefficient (Wildman–Crippen LogP) is 3.13. The van der Waals surface area contributed by atoms with Gasteiger partial charge in [-0.3, -0.25) is 0 Å². The fourth-order valence-corrected chi connectivity index (χ4v) is 4.07. The van der Waals surface area contributed by atoms with Crippen molar-refractivity contribution < 1.29 is 13.9 Å². The Balaban J connectivity index is 1.40. The molecule has 1 atom stereocenters. The highest BCUT2D eigenvalue weighted by molar-refractivity contribution is 7.99. The van der Waals surface area contributed by atoms with E-state index in [1.807, 2.05) is 37.3 Å². The number of nitrogen functional groups attached to an aromatic ring is 1. The molecule has 0 bridgehead atoms. The summed E-state index contributed by atoms with van der Waals surface area (Å²) in [6.07, 6.45) is 2.80. The van der Waals surface area contributed by atoms with E-state index in [9.17, 15) is 0 Å². The average molecular weight is 424 g/mol. The Bertz CT molecular complexity index is 1180. The summed E-state index contributed by atoms with van der Waals surface area (Å²) in [6.45, 7) is 3.73. The molecule has 4 aromatic heterocycles. The molecule has 5 heterocycles. The van der Waals surface area contributed by atoms with Crippen molar-refractivity contribution in [3.63, 3.8) is 0 Å². The first kappa shape index (κ1) is 19.0. The van der Waals surface area contributed by atoms with Crippen LogP contribution in [0.4, 0.5) is 5.95 Å². The molecule has 0 unspecified atom stereocenters. The minimum absolute atomic E-state index is 0.145. The van der Waals surface area contributed by atoms with E-state index in [0.717, 1.165) is 34.4 Å². The molecule has 1 aliphatic heterocycles. The smallest absolute Gasteiger partial charge is 0.224 e. The molecule has 0 radical (unpaired) electrons. The van der Waals surface area contributed by atoms with E-state index in [1.165, 1.54) is 11.8 Å². The van der Waals surface area contributed by atoms with Crippen LogP contribution in [0, 0.1) is 6.92 Å². The van der Waals surface area contributed by atoms with Crippen LogP contribution in [0.2, 0.25) is 0 Å². The second kappa shape index (κ2) is 8.05. The number of nitrogens with two attached hydrogens (primary N) is 1. The van der Waals surface area contributed by atoms with Crippen molar-refractivity contribution in [2.45, 2.75) is 36.0 Å². The molecule has 0 amide bonds. The molecule has 0 aliphatic carbocycles. The Morgan fingerprint density at radius 1 is 1.23 bits per heavy atom. The van der Waals surface area contributed by atoms with Crippen LogP contribution in [0.1, 0.15) is 17.9 Å². The van der Waals surface area contributed by atoms with E-state index >= 15 is 0 Å². The van der Waals surface area contributed by atoms with Gasteiger partial charge < -0.3 is 19.6 Å². The molecule has 5 rings (SSSR count). The van der Waals surface area contributed by atoms with Crippen molar-refractivity contribution in [3.05, 3.63) is 48.0 Å². The second-order valence-corrected chi connectivity index (χ2v) is 7.99. The number of fused-ring (bicyclic) bond motifs is 1. The summed E-state index contributed by atoms with van der Waals surface area (Å²) in [5.74, 6) is 2.03. The summed E-state index contributed by atoms with van der Waals surface area (Å²) in [7, 11) is 0. The van der Waals surface area contributed by atoms with Crippen molar-refractivity contribution in [1.82, 2.24) is 24.6 Å². The largest absolute Gasteiger partial charge is 0.458 e. The lowest BCUT2D eigenvalue weighted by Crippen LogP contribution is -2.12. The maximum absolute atomic E-state index is 5.96. The third kappa shape index (κ3) is 3.89. The van der Waals surface area contributed by atoms with E-state index in [0.29, 0.717) is 30.4 Å². The normalized spacial score (nSPS) is 16.5. The highest BCUT2D eigenvalue weighted by Crippen LogP contribution is 2.31. The molecule has 154 valence electrons. The summed E-state index contributed by atoms with van der Waals surface area (Å²) in [6, 6.07) is 9.57. The zero-order chi connectivity index (χ0) is 20.5. The second-order valence-electron chi connectivity index (χ2n) is 6.93. The molecular formula is C20H20N6O3S. The molecule has 1 aliphatic rings. The molecule has 1 fully saturated rings. The Hall–Kier alpha value is -2.95. The van der Waals surface area contributed by atoms with Gasteiger partial charge in [-0.05, 0) is 37.6 Å². The number of aromatic nitrogens is 5. The summed E-state index contributed by atoms with van der Waals surface area (Å²) in [4.78, 5) is 14.2. The Morgan fingerprint density at radius 2 is 2.17 bits per heavy atom. The molecule has 2 N–H and O–H groups in total. The van der Waals surface area contributed by atoms with Crippen molar-refractivity contribution >= 4 is 23.4 Å². The molecule has 9 nitrogen and oxygen atoms in total. The van der Waals surface area contributed by atoms with Gasteiger partial charge in [0.15, 0.2) is 11.4 Å². The maximum Gasteiger partial charge on any atom is 0.224 e. The van der Waals surface area contributed by atoms with Crippen molar-refractivity contribution in [1.29, 1.82) is 0 Å². The predicted molar refractivity (Wildman–Crippen MR) is 110 cm³/mol. The van der Waals surface area contributed by atoms with E-state index in [1.54, 1.807) is 10.7 Å².